The summed E-state index contributed by atoms with van der Waals surface area (Å²) in [6, 6.07) is 2.70. The monoisotopic (exact) mass is 403 g/mol. The first-order valence-electron chi connectivity index (χ1n) is 8.16. The molecule has 4 heterocycles. The number of rotatable bonds is 3. The van der Waals surface area contributed by atoms with Gasteiger partial charge in [-0.3, -0.25) is 19.9 Å². The summed E-state index contributed by atoms with van der Waals surface area (Å²) in [5.74, 6) is 0.501. The SMILES string of the molecule is O=C(O)N1CCN(c2cc(=O)nc3sc(-c4cncc([N+](=O)[O-])c4)nn23)CC1. The van der Waals surface area contributed by atoms with Gasteiger partial charge in [-0.1, -0.05) is 11.3 Å². The highest BCUT2D eigenvalue weighted by molar-refractivity contribution is 7.19. The van der Waals surface area contributed by atoms with Gasteiger partial charge in [0.15, 0.2) is 0 Å². The van der Waals surface area contributed by atoms with Crippen molar-refractivity contribution in [1.29, 1.82) is 0 Å². The van der Waals surface area contributed by atoms with Gasteiger partial charge in [0.2, 0.25) is 4.96 Å². The maximum absolute atomic E-state index is 12.0. The highest BCUT2D eigenvalue weighted by Crippen LogP contribution is 2.28. The van der Waals surface area contributed by atoms with Crippen molar-refractivity contribution in [3.05, 3.63) is 45.0 Å². The molecule has 4 rings (SSSR count). The van der Waals surface area contributed by atoms with Gasteiger partial charge in [0, 0.05) is 50.1 Å². The minimum absolute atomic E-state index is 0.163. The van der Waals surface area contributed by atoms with Crippen molar-refractivity contribution in [2.45, 2.75) is 0 Å². The van der Waals surface area contributed by atoms with E-state index in [4.69, 9.17) is 5.11 Å². The van der Waals surface area contributed by atoms with Crippen LogP contribution >= 0.6 is 11.3 Å². The van der Waals surface area contributed by atoms with E-state index >= 15 is 0 Å². The third-order valence-electron chi connectivity index (χ3n) is 4.29. The lowest BCUT2D eigenvalue weighted by molar-refractivity contribution is -0.385. The number of hydrogen-bond acceptors (Lipinski definition) is 9. The van der Waals surface area contributed by atoms with Gasteiger partial charge in [-0.05, 0) is 0 Å². The van der Waals surface area contributed by atoms with Crippen LogP contribution in [0.5, 0.6) is 0 Å². The van der Waals surface area contributed by atoms with Gasteiger partial charge in [-0.2, -0.15) is 14.6 Å². The summed E-state index contributed by atoms with van der Waals surface area (Å²) >= 11 is 1.12. The number of nitrogens with zero attached hydrogens (tertiary/aromatic N) is 7. The number of aromatic nitrogens is 4. The molecule has 0 unspecified atom stereocenters. The molecule has 1 amide bonds. The summed E-state index contributed by atoms with van der Waals surface area (Å²) in [4.78, 5) is 44.9. The Hall–Kier alpha value is -3.61. The zero-order chi connectivity index (χ0) is 19.8. The molecule has 0 bridgehead atoms. The largest absolute Gasteiger partial charge is 0.465 e. The molecule has 1 saturated heterocycles. The second-order valence-corrected chi connectivity index (χ2v) is 6.96. The molecule has 0 aromatic carbocycles. The minimum atomic E-state index is -0.981. The molecule has 1 fully saturated rings. The zero-order valence-electron chi connectivity index (χ0n) is 14.3. The Morgan fingerprint density at radius 3 is 2.64 bits per heavy atom. The minimum Gasteiger partial charge on any atom is -0.465 e. The summed E-state index contributed by atoms with van der Waals surface area (Å²) in [5.41, 5.74) is -0.161. The van der Waals surface area contributed by atoms with Crippen LogP contribution in [0.15, 0.2) is 29.3 Å². The van der Waals surface area contributed by atoms with Crippen LogP contribution in [-0.4, -0.2) is 66.8 Å². The van der Waals surface area contributed by atoms with Crippen molar-refractivity contribution in [2.24, 2.45) is 0 Å². The van der Waals surface area contributed by atoms with E-state index in [9.17, 15) is 19.7 Å². The molecule has 0 atom stereocenters. The first-order valence-corrected chi connectivity index (χ1v) is 8.97. The van der Waals surface area contributed by atoms with Crippen LogP contribution in [0.2, 0.25) is 0 Å². The Labute approximate surface area is 160 Å². The number of pyridine rings is 1. The van der Waals surface area contributed by atoms with E-state index in [0.29, 0.717) is 47.5 Å². The van der Waals surface area contributed by atoms with Crippen LogP contribution in [0.3, 0.4) is 0 Å². The van der Waals surface area contributed by atoms with Crippen molar-refractivity contribution in [3.8, 4) is 10.6 Å². The van der Waals surface area contributed by atoms with Crippen LogP contribution in [0.25, 0.3) is 15.5 Å². The quantitative estimate of drug-likeness (QED) is 0.498. The number of carboxylic acid groups (broad SMARTS) is 1. The number of carbonyl (C=O) groups is 1. The van der Waals surface area contributed by atoms with Gasteiger partial charge < -0.3 is 14.9 Å². The fourth-order valence-corrected chi connectivity index (χ4v) is 3.80. The third kappa shape index (κ3) is 3.22. The molecule has 13 heteroatoms. The van der Waals surface area contributed by atoms with Crippen molar-refractivity contribution in [1.82, 2.24) is 24.5 Å². The molecule has 0 aliphatic carbocycles. The third-order valence-corrected chi connectivity index (χ3v) is 5.25. The van der Waals surface area contributed by atoms with Crippen LogP contribution in [0, 0.1) is 10.1 Å². The first-order chi connectivity index (χ1) is 13.4. The lowest BCUT2D eigenvalue weighted by Gasteiger charge is -2.34. The summed E-state index contributed by atoms with van der Waals surface area (Å²) in [7, 11) is 0. The fraction of sp³-hybridized carbons (Fsp3) is 0.267. The second kappa shape index (κ2) is 6.84. The summed E-state index contributed by atoms with van der Waals surface area (Å²) in [6.45, 7) is 1.42. The standard InChI is InChI=1S/C15H13N7O5S/c23-11-6-12(19-1-3-20(4-2-19)15(24)25)21-14(17-11)28-13(18-21)9-5-10(22(26)27)8-16-7-9/h5-8H,1-4H2,(H,24,25). The Morgan fingerprint density at radius 1 is 1.21 bits per heavy atom. The summed E-state index contributed by atoms with van der Waals surface area (Å²) in [5, 5.41) is 24.9. The van der Waals surface area contributed by atoms with Crippen LogP contribution in [0.4, 0.5) is 16.3 Å². The van der Waals surface area contributed by atoms with Crippen molar-refractivity contribution in [2.75, 3.05) is 31.1 Å². The zero-order valence-corrected chi connectivity index (χ0v) is 15.1. The molecule has 0 saturated carbocycles. The topological polar surface area (TPSA) is 147 Å². The number of nitro groups is 1. The molecule has 144 valence electrons. The molecule has 3 aromatic rings. The van der Waals surface area contributed by atoms with Gasteiger partial charge in [-0.25, -0.2) is 4.79 Å². The van der Waals surface area contributed by atoms with Crippen molar-refractivity contribution >= 4 is 33.9 Å². The molecule has 12 nitrogen and oxygen atoms in total. The van der Waals surface area contributed by atoms with Gasteiger partial charge >= 0.3 is 6.09 Å². The van der Waals surface area contributed by atoms with Gasteiger partial charge in [0.1, 0.15) is 17.0 Å². The molecule has 1 N–H and O–H groups in total. The number of amides is 1. The van der Waals surface area contributed by atoms with Gasteiger partial charge in [0.05, 0.1) is 4.92 Å². The molecule has 0 spiro atoms. The van der Waals surface area contributed by atoms with E-state index in [1.165, 1.54) is 27.7 Å². The van der Waals surface area contributed by atoms with Gasteiger partial charge in [-0.15, -0.1) is 0 Å². The van der Waals surface area contributed by atoms with Crippen LogP contribution < -0.4 is 10.5 Å². The number of anilines is 1. The highest BCUT2D eigenvalue weighted by atomic mass is 32.1. The predicted molar refractivity (Wildman–Crippen MR) is 98.8 cm³/mol. The average molecular weight is 403 g/mol. The second-order valence-electron chi connectivity index (χ2n) is 6.00. The highest BCUT2D eigenvalue weighted by Gasteiger charge is 2.23. The number of piperazine rings is 1. The molecule has 1 aliphatic rings. The molecular weight excluding hydrogens is 390 g/mol. The molecule has 1 aliphatic heterocycles. The lowest BCUT2D eigenvalue weighted by Crippen LogP contribution is -2.49. The van der Waals surface area contributed by atoms with E-state index in [1.54, 1.807) is 0 Å². The molecule has 3 aromatic heterocycles. The van der Waals surface area contributed by atoms with E-state index in [-0.39, 0.29) is 5.69 Å². The Morgan fingerprint density at radius 2 is 1.96 bits per heavy atom. The average Bonchev–Trinajstić information content (AvgIpc) is 3.11. The maximum Gasteiger partial charge on any atom is 0.407 e. The van der Waals surface area contributed by atoms with E-state index in [2.05, 4.69) is 15.1 Å². The predicted octanol–water partition coefficient (Wildman–Crippen LogP) is 0.921. The normalized spacial score (nSPS) is 14.4. The molecule has 28 heavy (non-hydrogen) atoms. The van der Waals surface area contributed by atoms with Crippen LogP contribution in [-0.2, 0) is 0 Å². The molecular formula is C15H13N7O5S. The summed E-state index contributed by atoms with van der Waals surface area (Å²) < 4.78 is 1.50. The summed E-state index contributed by atoms with van der Waals surface area (Å²) in [6.07, 6.45) is 1.62. The number of fused-ring (bicyclic) bond motifs is 1. The smallest absolute Gasteiger partial charge is 0.407 e. The lowest BCUT2D eigenvalue weighted by atomic mass is 10.3. The van der Waals surface area contributed by atoms with Gasteiger partial charge in [0.25, 0.3) is 11.2 Å². The molecule has 0 radical (unpaired) electrons. The van der Waals surface area contributed by atoms with Crippen molar-refractivity contribution in [3.63, 3.8) is 0 Å². The fourth-order valence-electron chi connectivity index (χ4n) is 2.91. The number of hydrogen-bond donors (Lipinski definition) is 1. The van der Waals surface area contributed by atoms with E-state index < -0.39 is 16.6 Å². The van der Waals surface area contributed by atoms with E-state index in [0.717, 1.165) is 17.5 Å². The Bertz CT molecular complexity index is 1140. The Kier molecular flexibility index (Phi) is 4.35. The first kappa shape index (κ1) is 17.8. The Balaban J connectivity index is 1.73. The van der Waals surface area contributed by atoms with E-state index in [1.807, 2.05) is 4.90 Å². The van der Waals surface area contributed by atoms with Crippen molar-refractivity contribution < 1.29 is 14.8 Å². The maximum atomic E-state index is 12.0. The van der Waals surface area contributed by atoms with Crippen LogP contribution in [0.1, 0.15) is 0 Å².